The lowest BCUT2D eigenvalue weighted by atomic mass is 9.73. The SMILES string of the molecule is Cc1ccc2c(c1)C(C)(CC(F)(F)F)C(=O)N(C)C2=O. The molecule has 6 heteroatoms. The minimum absolute atomic E-state index is 0.155. The highest BCUT2D eigenvalue weighted by Crippen LogP contribution is 2.42. The molecule has 0 N–H and O–H groups in total. The molecule has 1 aliphatic heterocycles. The molecule has 0 spiro atoms. The molecule has 1 aromatic carbocycles. The summed E-state index contributed by atoms with van der Waals surface area (Å²) in [6.07, 6.45) is -5.78. The summed E-state index contributed by atoms with van der Waals surface area (Å²) in [4.78, 5) is 25.0. The zero-order chi connectivity index (χ0) is 15.3. The van der Waals surface area contributed by atoms with Gasteiger partial charge in [0.15, 0.2) is 0 Å². The summed E-state index contributed by atoms with van der Waals surface area (Å²) in [6.45, 7) is 2.95. The quantitative estimate of drug-likeness (QED) is 0.744. The number of imide groups is 1. The van der Waals surface area contributed by atoms with Crippen LogP contribution in [0.2, 0.25) is 0 Å². The van der Waals surface area contributed by atoms with Gasteiger partial charge in [-0.3, -0.25) is 14.5 Å². The van der Waals surface area contributed by atoms with E-state index in [9.17, 15) is 22.8 Å². The fourth-order valence-electron chi connectivity index (χ4n) is 2.63. The van der Waals surface area contributed by atoms with E-state index in [0.717, 1.165) is 4.90 Å². The van der Waals surface area contributed by atoms with Crippen molar-refractivity contribution in [2.45, 2.75) is 31.9 Å². The van der Waals surface area contributed by atoms with Gasteiger partial charge in [-0.05, 0) is 25.5 Å². The second kappa shape index (κ2) is 4.33. The van der Waals surface area contributed by atoms with E-state index in [2.05, 4.69) is 0 Å². The van der Waals surface area contributed by atoms with Gasteiger partial charge in [-0.2, -0.15) is 13.2 Å². The standard InChI is InChI=1S/C14H14F3NO2/c1-8-4-5-9-10(6-8)13(2,7-14(15,16)17)12(20)18(3)11(9)19/h4-6H,7H2,1-3H3. The first-order valence-corrected chi connectivity index (χ1v) is 6.06. The maximum Gasteiger partial charge on any atom is 0.390 e. The van der Waals surface area contributed by atoms with Crippen LogP contribution in [0.5, 0.6) is 0 Å². The number of fused-ring (bicyclic) bond motifs is 1. The second-order valence-corrected chi connectivity index (χ2v) is 5.34. The van der Waals surface area contributed by atoms with Gasteiger partial charge in [-0.25, -0.2) is 0 Å². The second-order valence-electron chi connectivity index (χ2n) is 5.34. The highest BCUT2D eigenvalue weighted by atomic mass is 19.4. The molecule has 1 heterocycles. The summed E-state index contributed by atoms with van der Waals surface area (Å²) in [7, 11) is 1.21. The molecule has 0 aromatic heterocycles. The van der Waals surface area contributed by atoms with Gasteiger partial charge in [0.1, 0.15) is 0 Å². The number of aryl methyl sites for hydroxylation is 1. The zero-order valence-electron chi connectivity index (χ0n) is 11.3. The van der Waals surface area contributed by atoms with Gasteiger partial charge >= 0.3 is 6.18 Å². The fourth-order valence-corrected chi connectivity index (χ4v) is 2.63. The normalized spacial score (nSPS) is 23.0. The fraction of sp³-hybridized carbons (Fsp3) is 0.429. The van der Waals surface area contributed by atoms with Crippen LogP contribution in [0.4, 0.5) is 13.2 Å². The predicted molar refractivity (Wildman–Crippen MR) is 66.3 cm³/mol. The number of nitrogens with zero attached hydrogens (tertiary/aromatic N) is 1. The summed E-state index contributed by atoms with van der Waals surface area (Å²) in [5.74, 6) is -1.39. The molecule has 108 valence electrons. The summed E-state index contributed by atoms with van der Waals surface area (Å²) in [6, 6.07) is 4.61. The summed E-state index contributed by atoms with van der Waals surface area (Å²) in [5, 5.41) is 0. The van der Waals surface area contributed by atoms with E-state index in [4.69, 9.17) is 0 Å². The maximum absolute atomic E-state index is 12.8. The average Bonchev–Trinajstić information content (AvgIpc) is 2.32. The largest absolute Gasteiger partial charge is 0.390 e. The molecule has 2 amide bonds. The van der Waals surface area contributed by atoms with Crippen LogP contribution in [0, 0.1) is 6.92 Å². The topological polar surface area (TPSA) is 37.4 Å². The van der Waals surface area contributed by atoms with Crippen LogP contribution in [0.25, 0.3) is 0 Å². The lowest BCUT2D eigenvalue weighted by Crippen LogP contribution is -2.52. The molecule has 1 aliphatic rings. The third-order valence-corrected chi connectivity index (χ3v) is 3.64. The Hall–Kier alpha value is -1.85. The van der Waals surface area contributed by atoms with Crippen molar-refractivity contribution in [2.24, 2.45) is 0 Å². The third kappa shape index (κ3) is 2.19. The average molecular weight is 285 g/mol. The predicted octanol–water partition coefficient (Wildman–Crippen LogP) is 2.82. The van der Waals surface area contributed by atoms with Crippen molar-refractivity contribution in [2.75, 3.05) is 7.05 Å². The molecule has 20 heavy (non-hydrogen) atoms. The van der Waals surface area contributed by atoms with Gasteiger partial charge in [-0.15, -0.1) is 0 Å². The van der Waals surface area contributed by atoms with Crippen LogP contribution in [-0.2, 0) is 10.2 Å². The summed E-state index contributed by atoms with van der Waals surface area (Å²) in [5.41, 5.74) is -0.739. The van der Waals surface area contributed by atoms with Crippen LogP contribution >= 0.6 is 0 Å². The van der Waals surface area contributed by atoms with Crippen molar-refractivity contribution >= 4 is 11.8 Å². The Morgan fingerprint density at radius 1 is 1.25 bits per heavy atom. The van der Waals surface area contributed by atoms with E-state index in [1.807, 2.05) is 0 Å². The Kier molecular flexibility index (Phi) is 3.15. The van der Waals surface area contributed by atoms with Crippen molar-refractivity contribution in [3.8, 4) is 0 Å². The molecule has 0 bridgehead atoms. The molecular weight excluding hydrogens is 271 g/mol. The van der Waals surface area contributed by atoms with E-state index in [0.29, 0.717) is 5.56 Å². The number of benzene rings is 1. The molecule has 3 nitrogen and oxygen atoms in total. The Labute approximate surface area is 114 Å². The maximum atomic E-state index is 12.8. The monoisotopic (exact) mass is 285 g/mol. The number of carbonyl (C=O) groups excluding carboxylic acids is 2. The first-order chi connectivity index (χ1) is 9.06. The Bertz CT molecular complexity index is 595. The molecule has 1 unspecified atom stereocenters. The molecule has 0 saturated heterocycles. The van der Waals surface area contributed by atoms with Crippen molar-refractivity contribution in [1.29, 1.82) is 0 Å². The molecule has 0 aliphatic carbocycles. The number of halogens is 3. The number of likely N-dealkylation sites (N-methyl/N-ethyl adjacent to an activating group) is 1. The zero-order valence-corrected chi connectivity index (χ0v) is 11.3. The van der Waals surface area contributed by atoms with Crippen LogP contribution in [0.15, 0.2) is 18.2 Å². The van der Waals surface area contributed by atoms with E-state index >= 15 is 0 Å². The van der Waals surface area contributed by atoms with E-state index < -0.39 is 29.8 Å². The lowest BCUT2D eigenvalue weighted by molar-refractivity contribution is -0.161. The molecule has 0 saturated carbocycles. The van der Waals surface area contributed by atoms with Gasteiger partial charge in [0.05, 0.1) is 11.8 Å². The smallest absolute Gasteiger partial charge is 0.281 e. The van der Waals surface area contributed by atoms with Crippen LogP contribution in [0.1, 0.15) is 34.8 Å². The first-order valence-electron chi connectivity index (χ1n) is 6.06. The molecule has 1 aromatic rings. The van der Waals surface area contributed by atoms with Gasteiger partial charge in [0.25, 0.3) is 5.91 Å². The first kappa shape index (κ1) is 14.6. The molecule has 0 fully saturated rings. The van der Waals surface area contributed by atoms with Crippen molar-refractivity contribution < 1.29 is 22.8 Å². The van der Waals surface area contributed by atoms with E-state index in [-0.39, 0.29) is 11.1 Å². The van der Waals surface area contributed by atoms with Gasteiger partial charge in [-0.1, -0.05) is 17.7 Å². The Morgan fingerprint density at radius 3 is 2.40 bits per heavy atom. The number of carbonyl (C=O) groups is 2. The Balaban J connectivity index is 2.68. The van der Waals surface area contributed by atoms with Gasteiger partial charge in [0, 0.05) is 12.6 Å². The van der Waals surface area contributed by atoms with E-state index in [1.165, 1.54) is 26.1 Å². The minimum atomic E-state index is -4.49. The lowest BCUT2D eigenvalue weighted by Gasteiger charge is -2.38. The highest BCUT2D eigenvalue weighted by molar-refractivity contribution is 6.12. The molecule has 2 rings (SSSR count). The number of amides is 2. The van der Waals surface area contributed by atoms with Crippen molar-refractivity contribution in [3.05, 3.63) is 34.9 Å². The van der Waals surface area contributed by atoms with Crippen LogP contribution in [0.3, 0.4) is 0 Å². The van der Waals surface area contributed by atoms with Gasteiger partial charge < -0.3 is 0 Å². The van der Waals surface area contributed by atoms with Gasteiger partial charge in [0.2, 0.25) is 5.91 Å². The number of rotatable bonds is 1. The molecule has 0 radical (unpaired) electrons. The Morgan fingerprint density at radius 2 is 1.85 bits per heavy atom. The summed E-state index contributed by atoms with van der Waals surface area (Å²) < 4.78 is 38.5. The van der Waals surface area contributed by atoms with Crippen LogP contribution in [-0.4, -0.2) is 29.9 Å². The molecule has 1 atom stereocenters. The van der Waals surface area contributed by atoms with Crippen molar-refractivity contribution in [1.82, 2.24) is 4.90 Å². The number of alkyl halides is 3. The number of hydrogen-bond acceptors (Lipinski definition) is 2. The van der Waals surface area contributed by atoms with Crippen molar-refractivity contribution in [3.63, 3.8) is 0 Å². The number of hydrogen-bond donors (Lipinski definition) is 0. The minimum Gasteiger partial charge on any atom is -0.281 e. The summed E-state index contributed by atoms with van der Waals surface area (Å²) >= 11 is 0. The van der Waals surface area contributed by atoms with E-state index in [1.54, 1.807) is 13.0 Å². The third-order valence-electron chi connectivity index (χ3n) is 3.64. The molecular formula is C14H14F3NO2. The van der Waals surface area contributed by atoms with Crippen LogP contribution < -0.4 is 0 Å². The highest BCUT2D eigenvalue weighted by Gasteiger charge is 2.51.